The van der Waals surface area contributed by atoms with E-state index in [-0.39, 0.29) is 24.6 Å². The van der Waals surface area contributed by atoms with Gasteiger partial charge in [0.1, 0.15) is 0 Å². The molecular weight excluding hydrogens is 355 g/mol. The van der Waals surface area contributed by atoms with Gasteiger partial charge in [-0.05, 0) is 55.7 Å². The minimum atomic E-state index is -1.53. The van der Waals surface area contributed by atoms with Gasteiger partial charge in [0.15, 0.2) is 17.5 Å². The molecule has 27 heavy (non-hydrogen) atoms. The van der Waals surface area contributed by atoms with Crippen LogP contribution >= 0.6 is 0 Å². The van der Waals surface area contributed by atoms with Gasteiger partial charge < -0.3 is 15.5 Å². The van der Waals surface area contributed by atoms with Gasteiger partial charge in [-0.1, -0.05) is 0 Å². The molecule has 1 saturated heterocycles. The van der Waals surface area contributed by atoms with E-state index in [1.807, 2.05) is 24.3 Å². The van der Waals surface area contributed by atoms with Gasteiger partial charge in [0, 0.05) is 37.4 Å². The fourth-order valence-corrected chi connectivity index (χ4v) is 3.10. The van der Waals surface area contributed by atoms with E-state index < -0.39 is 17.5 Å². The number of hydrogen-bond donors (Lipinski definition) is 2. The van der Waals surface area contributed by atoms with E-state index in [1.54, 1.807) is 0 Å². The standard InChI is InChI=1S/C20H22F3N3O/c21-16-8-9-17(20(23)19(16)22)24-11-10-18(27)25-14-4-6-15(7-5-14)26-12-2-1-3-13-26/h4-9,24H,1-3,10-13H2,(H,25,27). The minimum absolute atomic E-state index is 0.0618. The lowest BCUT2D eigenvalue weighted by molar-refractivity contribution is -0.115. The Bertz CT molecular complexity index is 790. The van der Waals surface area contributed by atoms with Crippen molar-refractivity contribution in [1.82, 2.24) is 0 Å². The highest BCUT2D eigenvalue weighted by Crippen LogP contribution is 2.22. The van der Waals surface area contributed by atoms with E-state index in [4.69, 9.17) is 0 Å². The van der Waals surface area contributed by atoms with Crippen LogP contribution in [0.1, 0.15) is 25.7 Å². The summed E-state index contributed by atoms with van der Waals surface area (Å²) in [6, 6.07) is 9.61. The molecule has 0 aromatic heterocycles. The first-order valence-electron chi connectivity index (χ1n) is 9.07. The molecule has 1 heterocycles. The molecule has 0 aliphatic carbocycles. The largest absolute Gasteiger partial charge is 0.382 e. The van der Waals surface area contributed by atoms with Crippen molar-refractivity contribution in [3.8, 4) is 0 Å². The SMILES string of the molecule is O=C(CCNc1ccc(F)c(F)c1F)Nc1ccc(N2CCCCC2)cc1. The van der Waals surface area contributed by atoms with Gasteiger partial charge in [-0.3, -0.25) is 4.79 Å². The summed E-state index contributed by atoms with van der Waals surface area (Å²) in [5.74, 6) is -4.32. The van der Waals surface area contributed by atoms with Crippen molar-refractivity contribution in [2.45, 2.75) is 25.7 Å². The Kier molecular flexibility index (Phi) is 6.21. The third kappa shape index (κ3) is 4.93. The van der Waals surface area contributed by atoms with Crippen LogP contribution in [0.2, 0.25) is 0 Å². The summed E-state index contributed by atoms with van der Waals surface area (Å²) in [5, 5.41) is 5.37. The van der Waals surface area contributed by atoms with Crippen LogP contribution in [-0.4, -0.2) is 25.5 Å². The van der Waals surface area contributed by atoms with Crippen molar-refractivity contribution >= 4 is 23.0 Å². The number of nitrogens with one attached hydrogen (secondary N) is 2. The lowest BCUT2D eigenvalue weighted by atomic mass is 10.1. The molecule has 2 aromatic carbocycles. The highest BCUT2D eigenvalue weighted by molar-refractivity contribution is 5.91. The second kappa shape index (κ2) is 8.79. The molecule has 2 N–H and O–H groups in total. The average molecular weight is 377 g/mol. The molecule has 4 nitrogen and oxygen atoms in total. The maximum Gasteiger partial charge on any atom is 0.226 e. The second-order valence-corrected chi connectivity index (χ2v) is 6.54. The van der Waals surface area contributed by atoms with Crippen LogP contribution in [0.25, 0.3) is 0 Å². The van der Waals surface area contributed by atoms with Gasteiger partial charge in [-0.15, -0.1) is 0 Å². The number of nitrogens with zero attached hydrogens (tertiary/aromatic N) is 1. The van der Waals surface area contributed by atoms with Crippen molar-refractivity contribution in [3.63, 3.8) is 0 Å². The molecule has 0 radical (unpaired) electrons. The number of piperidine rings is 1. The number of rotatable bonds is 6. The summed E-state index contributed by atoms with van der Waals surface area (Å²) in [4.78, 5) is 14.3. The predicted octanol–water partition coefficient (Wildman–Crippen LogP) is 4.53. The topological polar surface area (TPSA) is 44.4 Å². The number of halogens is 3. The summed E-state index contributed by atoms with van der Waals surface area (Å²) in [5.41, 5.74) is 1.65. The zero-order chi connectivity index (χ0) is 19.2. The van der Waals surface area contributed by atoms with Gasteiger partial charge in [0.05, 0.1) is 5.69 Å². The second-order valence-electron chi connectivity index (χ2n) is 6.54. The summed E-state index contributed by atoms with van der Waals surface area (Å²) >= 11 is 0. The predicted molar refractivity (Wildman–Crippen MR) is 101 cm³/mol. The maximum atomic E-state index is 13.5. The Morgan fingerprint density at radius 2 is 1.63 bits per heavy atom. The summed E-state index contributed by atoms with van der Waals surface area (Å²) < 4.78 is 39.6. The normalized spacial score (nSPS) is 14.1. The number of hydrogen-bond acceptors (Lipinski definition) is 3. The first-order chi connectivity index (χ1) is 13.0. The van der Waals surface area contributed by atoms with Crippen LogP contribution in [0.3, 0.4) is 0 Å². The molecule has 0 unspecified atom stereocenters. The average Bonchev–Trinajstić information content (AvgIpc) is 2.69. The summed E-state index contributed by atoms with van der Waals surface area (Å²) in [6.45, 7) is 2.20. The molecule has 0 saturated carbocycles. The first kappa shape index (κ1) is 19.1. The van der Waals surface area contributed by atoms with Gasteiger partial charge >= 0.3 is 0 Å². The Morgan fingerprint density at radius 3 is 2.33 bits per heavy atom. The molecule has 1 aliphatic rings. The third-order valence-electron chi connectivity index (χ3n) is 4.57. The van der Waals surface area contributed by atoms with Gasteiger partial charge in [0.25, 0.3) is 0 Å². The van der Waals surface area contributed by atoms with Gasteiger partial charge in [-0.25, -0.2) is 13.2 Å². The Balaban J connectivity index is 1.47. The molecule has 144 valence electrons. The van der Waals surface area contributed by atoms with Crippen LogP contribution in [0.15, 0.2) is 36.4 Å². The van der Waals surface area contributed by atoms with E-state index in [2.05, 4.69) is 15.5 Å². The molecule has 1 amide bonds. The Morgan fingerprint density at radius 1 is 0.926 bits per heavy atom. The zero-order valence-corrected chi connectivity index (χ0v) is 14.9. The quantitative estimate of drug-likeness (QED) is 0.727. The number of carbonyl (C=O) groups excluding carboxylic acids is 1. The molecule has 1 fully saturated rings. The fraction of sp³-hybridized carbons (Fsp3) is 0.350. The van der Waals surface area contributed by atoms with Crippen molar-refractivity contribution < 1.29 is 18.0 Å². The lowest BCUT2D eigenvalue weighted by Crippen LogP contribution is -2.29. The number of anilines is 3. The van der Waals surface area contributed by atoms with Crippen molar-refractivity contribution in [3.05, 3.63) is 53.8 Å². The lowest BCUT2D eigenvalue weighted by Gasteiger charge is -2.28. The van der Waals surface area contributed by atoms with Crippen LogP contribution in [0, 0.1) is 17.5 Å². The van der Waals surface area contributed by atoms with E-state index in [0.717, 1.165) is 30.9 Å². The molecule has 1 aliphatic heterocycles. The van der Waals surface area contributed by atoms with Gasteiger partial charge in [-0.2, -0.15) is 0 Å². The maximum absolute atomic E-state index is 13.5. The fourth-order valence-electron chi connectivity index (χ4n) is 3.10. The molecule has 7 heteroatoms. The van der Waals surface area contributed by atoms with E-state index in [9.17, 15) is 18.0 Å². The van der Waals surface area contributed by atoms with Crippen molar-refractivity contribution in [1.29, 1.82) is 0 Å². The zero-order valence-electron chi connectivity index (χ0n) is 14.9. The third-order valence-corrected chi connectivity index (χ3v) is 4.57. The molecule has 0 spiro atoms. The van der Waals surface area contributed by atoms with Crippen LogP contribution in [-0.2, 0) is 4.79 Å². The van der Waals surface area contributed by atoms with Crippen LogP contribution < -0.4 is 15.5 Å². The van der Waals surface area contributed by atoms with E-state index in [0.29, 0.717) is 5.69 Å². The van der Waals surface area contributed by atoms with Crippen molar-refractivity contribution in [2.75, 3.05) is 35.2 Å². The summed E-state index contributed by atoms with van der Waals surface area (Å²) in [7, 11) is 0. The smallest absolute Gasteiger partial charge is 0.226 e. The van der Waals surface area contributed by atoms with E-state index in [1.165, 1.54) is 19.3 Å². The van der Waals surface area contributed by atoms with Crippen LogP contribution in [0.4, 0.5) is 30.2 Å². The number of amides is 1. The Hall–Kier alpha value is -2.70. The molecule has 2 aromatic rings. The van der Waals surface area contributed by atoms with E-state index >= 15 is 0 Å². The molecule has 0 atom stereocenters. The van der Waals surface area contributed by atoms with Gasteiger partial charge in [0.2, 0.25) is 5.91 Å². The molecule has 0 bridgehead atoms. The molecule has 3 rings (SSSR count). The summed E-state index contributed by atoms with van der Waals surface area (Å²) in [6.07, 6.45) is 3.73. The number of benzene rings is 2. The monoisotopic (exact) mass is 377 g/mol. The number of carbonyl (C=O) groups is 1. The first-order valence-corrected chi connectivity index (χ1v) is 9.07. The molecular formula is C20H22F3N3O. The Labute approximate surface area is 156 Å². The highest BCUT2D eigenvalue weighted by Gasteiger charge is 2.14. The van der Waals surface area contributed by atoms with Crippen molar-refractivity contribution in [2.24, 2.45) is 0 Å². The highest BCUT2D eigenvalue weighted by atomic mass is 19.2. The van der Waals surface area contributed by atoms with Crippen LogP contribution in [0.5, 0.6) is 0 Å². The minimum Gasteiger partial charge on any atom is -0.382 e.